The van der Waals surface area contributed by atoms with Crippen molar-refractivity contribution >= 4 is 11.8 Å². The molecule has 0 saturated heterocycles. The summed E-state index contributed by atoms with van der Waals surface area (Å²) < 4.78 is 25.5. The highest BCUT2D eigenvalue weighted by Gasteiger charge is 2.31. The highest BCUT2D eigenvalue weighted by molar-refractivity contribution is 5.88. The van der Waals surface area contributed by atoms with Crippen LogP contribution in [-0.4, -0.2) is 42.5 Å². The first kappa shape index (κ1) is 27.7. The van der Waals surface area contributed by atoms with Gasteiger partial charge < -0.3 is 19.7 Å². The minimum Gasteiger partial charge on any atom is -0.497 e. The zero-order valence-electron chi connectivity index (χ0n) is 21.7. The molecule has 0 spiro atoms. The van der Waals surface area contributed by atoms with Gasteiger partial charge in [0.2, 0.25) is 11.8 Å². The highest BCUT2D eigenvalue weighted by Crippen LogP contribution is 2.20. The predicted molar refractivity (Wildman–Crippen MR) is 142 cm³/mol. The second-order valence-corrected chi connectivity index (χ2v) is 9.11. The summed E-state index contributed by atoms with van der Waals surface area (Å²) in [7, 11) is 1.60. The maximum absolute atomic E-state index is 14.6. The zero-order chi connectivity index (χ0) is 26.6. The van der Waals surface area contributed by atoms with Gasteiger partial charge in [-0.05, 0) is 56.2 Å². The van der Waals surface area contributed by atoms with Gasteiger partial charge in [0.25, 0.3) is 0 Å². The molecule has 3 aromatic carbocycles. The first-order valence-corrected chi connectivity index (χ1v) is 12.5. The van der Waals surface area contributed by atoms with Crippen molar-refractivity contribution in [2.45, 2.75) is 51.7 Å². The lowest BCUT2D eigenvalue weighted by Crippen LogP contribution is -2.51. The second kappa shape index (κ2) is 14.0. The lowest BCUT2D eigenvalue weighted by Gasteiger charge is -2.32. The van der Waals surface area contributed by atoms with E-state index in [-0.39, 0.29) is 30.8 Å². The van der Waals surface area contributed by atoms with Crippen molar-refractivity contribution in [3.63, 3.8) is 0 Å². The summed E-state index contributed by atoms with van der Waals surface area (Å²) in [5.41, 5.74) is 1.28. The number of carbonyl (C=O) groups excluding carboxylic acids is 2. The standard InChI is InChI=1S/C30H35FN2O4/c1-22(2)32-30(35)28(20-23-10-5-4-6-11-23)33(21-24-12-7-8-13-27(24)31)29(34)14-9-19-37-26-17-15-25(36-3)16-18-26/h4-8,10-13,15-18,22,28H,9,14,19-21H2,1-3H3,(H,32,35)/t28-/m0/s1. The van der Waals surface area contributed by atoms with Crippen LogP contribution in [0.2, 0.25) is 0 Å². The summed E-state index contributed by atoms with van der Waals surface area (Å²) in [5.74, 6) is 0.496. The lowest BCUT2D eigenvalue weighted by atomic mass is 10.0. The Balaban J connectivity index is 1.77. The van der Waals surface area contributed by atoms with Crippen molar-refractivity contribution in [1.29, 1.82) is 0 Å². The lowest BCUT2D eigenvalue weighted by molar-refractivity contribution is -0.141. The largest absolute Gasteiger partial charge is 0.497 e. The molecule has 0 bridgehead atoms. The van der Waals surface area contributed by atoms with E-state index in [0.717, 1.165) is 11.3 Å². The first-order valence-electron chi connectivity index (χ1n) is 12.5. The summed E-state index contributed by atoms with van der Waals surface area (Å²) in [6, 6.07) is 22.2. The number of nitrogens with one attached hydrogen (secondary N) is 1. The Labute approximate surface area is 218 Å². The number of nitrogens with zero attached hydrogens (tertiary/aromatic N) is 1. The Morgan fingerprint density at radius 3 is 2.22 bits per heavy atom. The topological polar surface area (TPSA) is 67.9 Å². The molecule has 196 valence electrons. The Morgan fingerprint density at radius 2 is 1.57 bits per heavy atom. The monoisotopic (exact) mass is 506 g/mol. The van der Waals surface area contributed by atoms with Gasteiger partial charge in [0.05, 0.1) is 13.7 Å². The molecule has 0 saturated carbocycles. The number of amides is 2. The number of hydrogen-bond acceptors (Lipinski definition) is 4. The fraction of sp³-hybridized carbons (Fsp3) is 0.333. The van der Waals surface area contributed by atoms with E-state index in [2.05, 4.69) is 5.32 Å². The van der Waals surface area contributed by atoms with Gasteiger partial charge in [-0.2, -0.15) is 0 Å². The van der Waals surface area contributed by atoms with Gasteiger partial charge in [-0.25, -0.2) is 4.39 Å². The maximum atomic E-state index is 14.6. The van der Waals surface area contributed by atoms with Gasteiger partial charge in [-0.3, -0.25) is 9.59 Å². The molecular formula is C30H35FN2O4. The number of hydrogen-bond donors (Lipinski definition) is 1. The number of benzene rings is 3. The summed E-state index contributed by atoms with van der Waals surface area (Å²) in [5, 5.41) is 2.94. The minimum atomic E-state index is -0.792. The summed E-state index contributed by atoms with van der Waals surface area (Å²) in [6.07, 6.45) is 0.926. The van der Waals surface area contributed by atoms with E-state index in [1.54, 1.807) is 49.6 Å². The van der Waals surface area contributed by atoms with E-state index in [0.29, 0.717) is 30.8 Å². The summed E-state index contributed by atoms with van der Waals surface area (Å²) in [6.45, 7) is 4.06. The molecule has 1 N–H and O–H groups in total. The minimum absolute atomic E-state index is 0.00609. The van der Waals surface area contributed by atoms with Crippen LogP contribution in [0.15, 0.2) is 78.9 Å². The number of rotatable bonds is 13. The van der Waals surface area contributed by atoms with Gasteiger partial charge in [0, 0.05) is 31.0 Å². The van der Waals surface area contributed by atoms with Crippen LogP contribution in [0.1, 0.15) is 37.8 Å². The van der Waals surface area contributed by atoms with Crippen LogP contribution in [0, 0.1) is 5.82 Å². The summed E-state index contributed by atoms with van der Waals surface area (Å²) >= 11 is 0. The van der Waals surface area contributed by atoms with Crippen molar-refractivity contribution in [2.75, 3.05) is 13.7 Å². The molecule has 0 radical (unpaired) electrons. The molecule has 7 heteroatoms. The molecule has 0 aliphatic heterocycles. The average molecular weight is 507 g/mol. The highest BCUT2D eigenvalue weighted by atomic mass is 19.1. The smallest absolute Gasteiger partial charge is 0.243 e. The van der Waals surface area contributed by atoms with Gasteiger partial charge in [-0.1, -0.05) is 48.5 Å². The van der Waals surface area contributed by atoms with Crippen LogP contribution in [0.25, 0.3) is 0 Å². The van der Waals surface area contributed by atoms with Gasteiger partial charge in [-0.15, -0.1) is 0 Å². The summed E-state index contributed by atoms with van der Waals surface area (Å²) in [4.78, 5) is 28.3. The molecule has 0 aromatic heterocycles. The Morgan fingerprint density at radius 1 is 0.919 bits per heavy atom. The number of carbonyl (C=O) groups is 2. The van der Waals surface area contributed by atoms with Crippen LogP contribution in [0.4, 0.5) is 4.39 Å². The molecule has 1 atom stereocenters. The van der Waals surface area contributed by atoms with Crippen LogP contribution >= 0.6 is 0 Å². The van der Waals surface area contributed by atoms with Crippen molar-refractivity contribution in [2.24, 2.45) is 0 Å². The third-order valence-electron chi connectivity index (χ3n) is 5.86. The van der Waals surface area contributed by atoms with Gasteiger partial charge in [0.15, 0.2) is 0 Å². The van der Waals surface area contributed by atoms with E-state index < -0.39 is 11.9 Å². The van der Waals surface area contributed by atoms with Crippen LogP contribution in [0.3, 0.4) is 0 Å². The van der Waals surface area contributed by atoms with E-state index in [1.807, 2.05) is 44.2 Å². The number of methoxy groups -OCH3 is 1. The normalized spacial score (nSPS) is 11.6. The Kier molecular flexibility index (Phi) is 10.5. The van der Waals surface area contributed by atoms with E-state index in [9.17, 15) is 14.0 Å². The number of halogens is 1. The van der Waals surface area contributed by atoms with Crippen molar-refractivity contribution < 1.29 is 23.5 Å². The molecule has 6 nitrogen and oxygen atoms in total. The van der Waals surface area contributed by atoms with Gasteiger partial charge in [0.1, 0.15) is 23.4 Å². The molecule has 0 fully saturated rings. The fourth-order valence-corrected chi connectivity index (χ4v) is 3.97. The molecular weight excluding hydrogens is 471 g/mol. The molecule has 0 heterocycles. The molecule has 3 rings (SSSR count). The van der Waals surface area contributed by atoms with Crippen LogP contribution in [-0.2, 0) is 22.6 Å². The molecule has 2 amide bonds. The Bertz CT molecular complexity index is 1140. The SMILES string of the molecule is COc1ccc(OCCCC(=O)N(Cc2ccccc2F)[C@@H](Cc2ccccc2)C(=O)NC(C)C)cc1. The molecule has 0 aliphatic rings. The van der Waals surface area contributed by atoms with Crippen LogP contribution in [0.5, 0.6) is 11.5 Å². The third kappa shape index (κ3) is 8.63. The van der Waals surface area contributed by atoms with Crippen molar-refractivity contribution in [3.05, 3.63) is 95.8 Å². The van der Waals surface area contributed by atoms with E-state index >= 15 is 0 Å². The second-order valence-electron chi connectivity index (χ2n) is 9.11. The fourth-order valence-electron chi connectivity index (χ4n) is 3.97. The molecule has 3 aromatic rings. The maximum Gasteiger partial charge on any atom is 0.243 e. The van der Waals surface area contributed by atoms with Gasteiger partial charge >= 0.3 is 0 Å². The first-order chi connectivity index (χ1) is 17.9. The molecule has 37 heavy (non-hydrogen) atoms. The Hall–Kier alpha value is -3.87. The van der Waals surface area contributed by atoms with E-state index in [4.69, 9.17) is 9.47 Å². The van der Waals surface area contributed by atoms with E-state index in [1.165, 1.54) is 11.0 Å². The molecule has 0 aliphatic carbocycles. The van der Waals surface area contributed by atoms with Crippen molar-refractivity contribution in [1.82, 2.24) is 10.2 Å². The average Bonchev–Trinajstić information content (AvgIpc) is 2.90. The third-order valence-corrected chi connectivity index (χ3v) is 5.86. The quantitative estimate of drug-likeness (QED) is 0.325. The van der Waals surface area contributed by atoms with Crippen molar-refractivity contribution in [3.8, 4) is 11.5 Å². The molecule has 0 unspecified atom stereocenters. The predicted octanol–water partition coefficient (Wildman–Crippen LogP) is 5.16. The zero-order valence-corrected chi connectivity index (χ0v) is 21.7. The van der Waals surface area contributed by atoms with Crippen LogP contribution < -0.4 is 14.8 Å². The number of ether oxygens (including phenoxy) is 2.